The van der Waals surface area contributed by atoms with Crippen LogP contribution in [0.3, 0.4) is 0 Å². The van der Waals surface area contributed by atoms with Crippen molar-refractivity contribution < 1.29 is 19.4 Å². The molecule has 1 N–H and O–H groups in total. The number of hydrogen-bond acceptors (Lipinski definition) is 7. The standard InChI is InChI=1S/C26H26N2O5S/c1-5-32-25(31)22-16(4)27-26-28(23(22)18-8-12-20(13-9-18)33-15(2)3)24(30)21(34-26)14-17-6-10-19(29)11-7-17/h6-15,23,29H,5H2,1-4H3/b21-14+/t23-/m0/s1. The number of aromatic nitrogens is 1. The average molecular weight is 479 g/mol. The van der Waals surface area contributed by atoms with Gasteiger partial charge in [-0.1, -0.05) is 35.6 Å². The van der Waals surface area contributed by atoms with E-state index in [9.17, 15) is 14.7 Å². The Hall–Kier alpha value is -3.65. The van der Waals surface area contributed by atoms with Crippen LogP contribution < -0.4 is 19.6 Å². The minimum atomic E-state index is -0.676. The number of allylic oxidation sites excluding steroid dienone is 1. The SMILES string of the molecule is CCOC(=O)C1=C(C)N=c2s/c(=C/c3ccc(O)cc3)c(=O)n2[C@H]1c1ccc(OC(C)C)cc1. The lowest BCUT2D eigenvalue weighted by molar-refractivity contribution is -0.139. The number of fused-ring (bicyclic) bond motifs is 1. The van der Waals surface area contributed by atoms with E-state index in [0.717, 1.165) is 11.1 Å². The summed E-state index contributed by atoms with van der Waals surface area (Å²) < 4.78 is 13.1. The average Bonchev–Trinajstić information content (AvgIpc) is 3.09. The molecular formula is C26H26N2O5S. The molecule has 0 aliphatic carbocycles. The molecule has 0 amide bonds. The Balaban J connectivity index is 1.89. The van der Waals surface area contributed by atoms with Crippen molar-refractivity contribution in [2.45, 2.75) is 39.8 Å². The largest absolute Gasteiger partial charge is 0.508 e. The molecule has 1 aliphatic rings. The number of benzene rings is 2. The van der Waals surface area contributed by atoms with Crippen molar-refractivity contribution in [2.75, 3.05) is 6.61 Å². The highest BCUT2D eigenvalue weighted by atomic mass is 32.1. The lowest BCUT2D eigenvalue weighted by atomic mass is 9.96. The number of aromatic hydroxyl groups is 1. The zero-order valence-corrected chi connectivity index (χ0v) is 20.3. The topological polar surface area (TPSA) is 90.1 Å². The minimum absolute atomic E-state index is 0.0284. The molecule has 0 unspecified atom stereocenters. The third-order valence-corrected chi connectivity index (χ3v) is 6.26. The molecule has 4 rings (SSSR count). The summed E-state index contributed by atoms with van der Waals surface area (Å²) in [4.78, 5) is 31.6. The Bertz CT molecular complexity index is 1410. The molecule has 2 heterocycles. The number of ether oxygens (including phenoxy) is 2. The highest BCUT2D eigenvalue weighted by molar-refractivity contribution is 7.07. The minimum Gasteiger partial charge on any atom is -0.508 e. The molecule has 0 fully saturated rings. The molecule has 0 bridgehead atoms. The van der Waals surface area contributed by atoms with Crippen molar-refractivity contribution in [2.24, 2.45) is 4.99 Å². The summed E-state index contributed by atoms with van der Waals surface area (Å²) in [5, 5.41) is 9.54. The number of thiazole rings is 1. The van der Waals surface area contributed by atoms with Crippen LogP contribution >= 0.6 is 11.3 Å². The van der Waals surface area contributed by atoms with Crippen LogP contribution in [-0.2, 0) is 9.53 Å². The van der Waals surface area contributed by atoms with Crippen LogP contribution in [0.2, 0.25) is 0 Å². The molecule has 3 aromatic rings. The second kappa shape index (κ2) is 9.69. The van der Waals surface area contributed by atoms with Crippen LogP contribution in [0.15, 0.2) is 69.6 Å². The Morgan fingerprint density at radius 2 is 1.85 bits per heavy atom. The van der Waals surface area contributed by atoms with E-state index in [1.165, 1.54) is 11.3 Å². The highest BCUT2D eigenvalue weighted by Gasteiger charge is 2.33. The van der Waals surface area contributed by atoms with E-state index in [2.05, 4.69) is 4.99 Å². The maximum atomic E-state index is 13.5. The van der Waals surface area contributed by atoms with Crippen molar-refractivity contribution in [1.82, 2.24) is 4.57 Å². The number of carbonyl (C=O) groups excluding carboxylic acids is 1. The Morgan fingerprint density at radius 3 is 2.47 bits per heavy atom. The van der Waals surface area contributed by atoms with E-state index in [0.29, 0.717) is 26.4 Å². The van der Waals surface area contributed by atoms with Gasteiger partial charge < -0.3 is 14.6 Å². The number of esters is 1. The number of hydrogen-bond donors (Lipinski definition) is 1. The fraction of sp³-hybridized carbons (Fsp3) is 0.269. The number of carbonyl (C=O) groups is 1. The molecular weight excluding hydrogens is 452 g/mol. The van der Waals surface area contributed by atoms with Crippen molar-refractivity contribution in [1.29, 1.82) is 0 Å². The molecule has 0 spiro atoms. The van der Waals surface area contributed by atoms with Crippen LogP contribution in [0.5, 0.6) is 11.5 Å². The predicted molar refractivity (Wildman–Crippen MR) is 131 cm³/mol. The summed E-state index contributed by atoms with van der Waals surface area (Å²) in [7, 11) is 0. The van der Waals surface area contributed by atoms with E-state index in [1.807, 2.05) is 38.1 Å². The summed E-state index contributed by atoms with van der Waals surface area (Å²) in [5.41, 5.74) is 2.13. The van der Waals surface area contributed by atoms with Crippen LogP contribution in [-0.4, -0.2) is 28.4 Å². The summed E-state index contributed by atoms with van der Waals surface area (Å²) in [6.45, 7) is 7.62. The van der Waals surface area contributed by atoms with E-state index < -0.39 is 12.0 Å². The predicted octanol–water partition coefficient (Wildman–Crippen LogP) is 3.29. The first kappa shape index (κ1) is 23.5. The Kier molecular flexibility index (Phi) is 6.70. The van der Waals surface area contributed by atoms with Crippen LogP contribution in [0.4, 0.5) is 0 Å². The van der Waals surface area contributed by atoms with Gasteiger partial charge >= 0.3 is 5.97 Å². The van der Waals surface area contributed by atoms with E-state index in [1.54, 1.807) is 48.8 Å². The molecule has 0 saturated heterocycles. The van der Waals surface area contributed by atoms with Gasteiger partial charge in [0.25, 0.3) is 5.56 Å². The fourth-order valence-electron chi connectivity index (χ4n) is 3.83. The molecule has 8 heteroatoms. The first-order valence-electron chi connectivity index (χ1n) is 11.0. The maximum absolute atomic E-state index is 13.5. The van der Waals surface area contributed by atoms with E-state index in [-0.39, 0.29) is 24.0 Å². The Morgan fingerprint density at radius 1 is 1.18 bits per heavy atom. The molecule has 7 nitrogen and oxygen atoms in total. The van der Waals surface area contributed by atoms with E-state index >= 15 is 0 Å². The normalized spacial score (nSPS) is 15.8. The second-order valence-electron chi connectivity index (χ2n) is 8.13. The molecule has 1 atom stereocenters. The zero-order valence-electron chi connectivity index (χ0n) is 19.4. The number of phenolic OH excluding ortho intramolecular Hbond substituents is 1. The van der Waals surface area contributed by atoms with Gasteiger partial charge in [0.05, 0.1) is 34.6 Å². The lowest BCUT2D eigenvalue weighted by Crippen LogP contribution is -2.39. The van der Waals surface area contributed by atoms with Crippen molar-refractivity contribution >= 4 is 23.4 Å². The second-order valence-corrected chi connectivity index (χ2v) is 9.14. The van der Waals surface area contributed by atoms with Crippen LogP contribution in [0, 0.1) is 0 Å². The van der Waals surface area contributed by atoms with E-state index in [4.69, 9.17) is 9.47 Å². The van der Waals surface area contributed by atoms with Gasteiger partial charge in [-0.3, -0.25) is 9.36 Å². The summed E-state index contributed by atoms with van der Waals surface area (Å²) in [5.74, 6) is 0.360. The third-order valence-electron chi connectivity index (χ3n) is 5.28. The molecule has 34 heavy (non-hydrogen) atoms. The van der Waals surface area contributed by atoms with Crippen molar-refractivity contribution in [3.05, 3.63) is 90.6 Å². The van der Waals surface area contributed by atoms with Gasteiger partial charge in [-0.05, 0) is 69.2 Å². The first-order valence-corrected chi connectivity index (χ1v) is 11.9. The van der Waals surface area contributed by atoms with Crippen molar-refractivity contribution in [3.63, 3.8) is 0 Å². The molecule has 0 radical (unpaired) electrons. The number of rotatable bonds is 6. The monoisotopic (exact) mass is 478 g/mol. The molecule has 1 aliphatic heterocycles. The van der Waals surface area contributed by atoms with Crippen LogP contribution in [0.25, 0.3) is 6.08 Å². The number of nitrogens with zero attached hydrogens (tertiary/aromatic N) is 2. The quantitative estimate of drug-likeness (QED) is 0.549. The van der Waals surface area contributed by atoms with Gasteiger partial charge in [0, 0.05) is 0 Å². The van der Waals surface area contributed by atoms with Crippen molar-refractivity contribution in [3.8, 4) is 11.5 Å². The fourth-order valence-corrected chi connectivity index (χ4v) is 4.88. The summed E-state index contributed by atoms with van der Waals surface area (Å²) in [6.07, 6.45) is 1.78. The zero-order chi connectivity index (χ0) is 24.4. The van der Waals surface area contributed by atoms with Gasteiger partial charge in [0.2, 0.25) is 0 Å². The molecule has 2 aromatic carbocycles. The van der Waals surface area contributed by atoms with Gasteiger partial charge in [0.15, 0.2) is 4.80 Å². The van der Waals surface area contributed by atoms with Gasteiger partial charge in [-0.25, -0.2) is 9.79 Å². The van der Waals surface area contributed by atoms with Gasteiger partial charge in [0.1, 0.15) is 11.5 Å². The number of phenols is 1. The third kappa shape index (κ3) is 4.68. The lowest BCUT2D eigenvalue weighted by Gasteiger charge is -2.25. The molecule has 0 saturated carbocycles. The molecule has 176 valence electrons. The van der Waals surface area contributed by atoms with Gasteiger partial charge in [-0.2, -0.15) is 0 Å². The first-order chi connectivity index (χ1) is 16.3. The summed E-state index contributed by atoms with van der Waals surface area (Å²) in [6, 6.07) is 13.3. The summed E-state index contributed by atoms with van der Waals surface area (Å²) >= 11 is 1.26. The van der Waals surface area contributed by atoms with Crippen LogP contribution in [0.1, 0.15) is 44.9 Å². The Labute approximate surface area is 200 Å². The van der Waals surface area contributed by atoms with Gasteiger partial charge in [-0.15, -0.1) is 0 Å². The maximum Gasteiger partial charge on any atom is 0.338 e. The highest BCUT2D eigenvalue weighted by Crippen LogP contribution is 2.31. The molecule has 1 aromatic heterocycles. The smallest absolute Gasteiger partial charge is 0.338 e.